The van der Waals surface area contributed by atoms with E-state index < -0.39 is 5.60 Å². The van der Waals surface area contributed by atoms with Crippen molar-refractivity contribution in [2.45, 2.75) is 52.1 Å². The molecule has 134 valence electrons. The van der Waals surface area contributed by atoms with Crippen LogP contribution in [0.15, 0.2) is 42.0 Å². The van der Waals surface area contributed by atoms with Crippen LogP contribution >= 0.6 is 0 Å². The Bertz CT molecular complexity index is 687. The van der Waals surface area contributed by atoms with Crippen LogP contribution in [0.2, 0.25) is 0 Å². The molecular weight excluding hydrogens is 314 g/mol. The summed E-state index contributed by atoms with van der Waals surface area (Å²) in [5, 5.41) is 0. The number of allylic oxidation sites excluding steroid dienone is 1. The molecule has 1 aromatic carbocycles. The lowest BCUT2D eigenvalue weighted by molar-refractivity contribution is -0.116. The van der Waals surface area contributed by atoms with Gasteiger partial charge in [0.15, 0.2) is 5.78 Å². The second-order valence-electron chi connectivity index (χ2n) is 8.23. The van der Waals surface area contributed by atoms with Crippen molar-refractivity contribution >= 4 is 11.9 Å². The van der Waals surface area contributed by atoms with Crippen molar-refractivity contribution in [3.8, 4) is 0 Å². The maximum absolute atomic E-state index is 12.6. The van der Waals surface area contributed by atoms with Crippen LogP contribution in [0.3, 0.4) is 0 Å². The average Bonchev–Trinajstić information content (AvgIpc) is 2.54. The molecule has 1 atom stereocenters. The number of hydrogen-bond donors (Lipinski definition) is 0. The fourth-order valence-corrected chi connectivity index (χ4v) is 3.89. The Kier molecular flexibility index (Phi) is 4.72. The number of likely N-dealkylation sites (tertiary alicyclic amines) is 1. The Morgan fingerprint density at radius 2 is 1.92 bits per heavy atom. The largest absolute Gasteiger partial charge is 0.444 e. The lowest BCUT2D eigenvalue weighted by Gasteiger charge is -2.46. The number of ether oxygens (including phenoxy) is 1. The van der Waals surface area contributed by atoms with E-state index in [1.807, 2.05) is 49.9 Å². The lowest BCUT2D eigenvalue weighted by atomic mass is 9.65. The number of nitrogens with zero attached hydrogens (tertiary/aromatic N) is 1. The number of rotatable bonds is 2. The van der Waals surface area contributed by atoms with Gasteiger partial charge in [-0.3, -0.25) is 4.79 Å². The van der Waals surface area contributed by atoms with Crippen molar-refractivity contribution in [3.05, 3.63) is 47.5 Å². The normalized spacial score (nSPS) is 23.7. The molecule has 0 spiro atoms. The van der Waals surface area contributed by atoms with E-state index in [-0.39, 0.29) is 17.3 Å². The summed E-state index contributed by atoms with van der Waals surface area (Å²) in [5.41, 5.74) is 1.80. The standard InChI is InChI=1S/C21H27NO3/c1-20(2,3)25-19(24)22-12-10-17-13-18(23)9-11-21(17,15-22)14-16-7-5-4-6-8-16/h4-8,13H,9-12,14-15H2,1-3H3/t21-/m0/s1. The third kappa shape index (κ3) is 4.12. The van der Waals surface area contributed by atoms with Crippen molar-refractivity contribution < 1.29 is 14.3 Å². The highest BCUT2D eigenvalue weighted by atomic mass is 16.6. The lowest BCUT2D eigenvalue weighted by Crippen LogP contribution is -2.51. The fourth-order valence-electron chi connectivity index (χ4n) is 3.89. The quantitative estimate of drug-likeness (QED) is 0.812. The molecular formula is C21H27NO3. The van der Waals surface area contributed by atoms with Crippen molar-refractivity contribution in [3.63, 3.8) is 0 Å². The van der Waals surface area contributed by atoms with Crippen LogP contribution in [0, 0.1) is 5.41 Å². The molecule has 0 radical (unpaired) electrons. The van der Waals surface area contributed by atoms with Gasteiger partial charge >= 0.3 is 6.09 Å². The third-order valence-corrected chi connectivity index (χ3v) is 5.05. The van der Waals surface area contributed by atoms with Gasteiger partial charge in [-0.1, -0.05) is 35.9 Å². The van der Waals surface area contributed by atoms with Gasteiger partial charge in [0, 0.05) is 24.9 Å². The summed E-state index contributed by atoms with van der Waals surface area (Å²) in [6.45, 7) is 6.90. The monoisotopic (exact) mass is 341 g/mol. The molecule has 4 nitrogen and oxygen atoms in total. The molecule has 2 aliphatic rings. The molecule has 0 N–H and O–H groups in total. The Labute approximate surface area is 149 Å². The van der Waals surface area contributed by atoms with Crippen LogP contribution in [0.4, 0.5) is 4.79 Å². The minimum atomic E-state index is -0.498. The smallest absolute Gasteiger partial charge is 0.410 e. The first-order chi connectivity index (χ1) is 11.8. The van der Waals surface area contributed by atoms with Crippen molar-refractivity contribution in [2.24, 2.45) is 5.41 Å². The van der Waals surface area contributed by atoms with Gasteiger partial charge in [0.2, 0.25) is 0 Å². The zero-order valence-electron chi connectivity index (χ0n) is 15.4. The maximum atomic E-state index is 12.6. The number of carbonyl (C=O) groups is 2. The van der Waals surface area contributed by atoms with Crippen molar-refractivity contribution in [2.75, 3.05) is 13.1 Å². The Balaban J connectivity index is 1.85. The van der Waals surface area contributed by atoms with Gasteiger partial charge in [0.05, 0.1) is 0 Å². The second-order valence-corrected chi connectivity index (χ2v) is 8.23. The van der Waals surface area contributed by atoms with E-state index in [9.17, 15) is 9.59 Å². The molecule has 1 aliphatic carbocycles. The molecule has 0 aromatic heterocycles. The molecule has 3 rings (SSSR count). The number of piperidine rings is 1. The highest BCUT2D eigenvalue weighted by Crippen LogP contribution is 2.45. The number of carbonyl (C=O) groups excluding carboxylic acids is 2. The molecule has 0 bridgehead atoms. The number of benzene rings is 1. The SMILES string of the molecule is CC(C)(C)OC(=O)N1CCC2=CC(=O)CC[C@]2(Cc2ccccc2)C1. The summed E-state index contributed by atoms with van der Waals surface area (Å²) >= 11 is 0. The molecule has 1 aromatic rings. The molecule has 0 saturated carbocycles. The van der Waals surface area contributed by atoms with Crippen LogP contribution in [0.5, 0.6) is 0 Å². The zero-order chi connectivity index (χ0) is 18.1. The summed E-state index contributed by atoms with van der Waals surface area (Å²) in [7, 11) is 0. The summed E-state index contributed by atoms with van der Waals surface area (Å²) in [6.07, 6.45) is 4.53. The number of hydrogen-bond acceptors (Lipinski definition) is 3. The van der Waals surface area contributed by atoms with Crippen LogP contribution in [-0.4, -0.2) is 35.5 Å². The maximum Gasteiger partial charge on any atom is 0.410 e. The summed E-state index contributed by atoms with van der Waals surface area (Å²) in [6, 6.07) is 10.3. The van der Waals surface area contributed by atoms with E-state index in [1.165, 1.54) is 11.1 Å². The predicted molar refractivity (Wildman–Crippen MR) is 97.3 cm³/mol. The molecule has 25 heavy (non-hydrogen) atoms. The first-order valence-corrected chi connectivity index (χ1v) is 9.03. The van der Waals surface area contributed by atoms with Gasteiger partial charge in [-0.25, -0.2) is 4.79 Å². The van der Waals surface area contributed by atoms with Gasteiger partial charge in [-0.15, -0.1) is 0 Å². The second kappa shape index (κ2) is 6.66. The minimum Gasteiger partial charge on any atom is -0.444 e. The van der Waals surface area contributed by atoms with Crippen molar-refractivity contribution in [1.29, 1.82) is 0 Å². The van der Waals surface area contributed by atoms with E-state index in [0.29, 0.717) is 19.5 Å². The summed E-state index contributed by atoms with van der Waals surface area (Å²) in [5.74, 6) is 0.212. The summed E-state index contributed by atoms with van der Waals surface area (Å²) in [4.78, 5) is 26.3. The van der Waals surface area contributed by atoms with Crippen molar-refractivity contribution in [1.82, 2.24) is 4.90 Å². The van der Waals surface area contributed by atoms with Gasteiger partial charge in [0.1, 0.15) is 5.60 Å². The number of fused-ring (bicyclic) bond motifs is 1. The van der Waals surface area contributed by atoms with Crippen LogP contribution in [-0.2, 0) is 16.0 Å². The van der Waals surface area contributed by atoms with E-state index in [1.54, 1.807) is 0 Å². The molecule has 0 unspecified atom stereocenters. The Morgan fingerprint density at radius 3 is 2.60 bits per heavy atom. The molecule has 1 saturated heterocycles. The van der Waals surface area contributed by atoms with Crippen LogP contribution in [0.25, 0.3) is 0 Å². The molecule has 1 heterocycles. The average molecular weight is 341 g/mol. The van der Waals surface area contributed by atoms with E-state index in [2.05, 4.69) is 12.1 Å². The van der Waals surface area contributed by atoms with Gasteiger partial charge < -0.3 is 9.64 Å². The van der Waals surface area contributed by atoms with E-state index >= 15 is 0 Å². The first kappa shape index (κ1) is 17.7. The van der Waals surface area contributed by atoms with E-state index in [4.69, 9.17) is 4.74 Å². The highest BCUT2D eigenvalue weighted by molar-refractivity contribution is 5.91. The Hall–Kier alpha value is -2.10. The number of amides is 1. The zero-order valence-corrected chi connectivity index (χ0v) is 15.4. The fraction of sp³-hybridized carbons (Fsp3) is 0.524. The van der Waals surface area contributed by atoms with Gasteiger partial charge in [0.25, 0.3) is 0 Å². The third-order valence-electron chi connectivity index (χ3n) is 5.05. The van der Waals surface area contributed by atoms with Gasteiger partial charge in [-0.05, 0) is 51.7 Å². The van der Waals surface area contributed by atoms with Gasteiger partial charge in [-0.2, -0.15) is 0 Å². The first-order valence-electron chi connectivity index (χ1n) is 9.03. The predicted octanol–water partition coefficient (Wildman–Crippen LogP) is 4.15. The molecule has 1 amide bonds. The van der Waals surface area contributed by atoms with Crippen LogP contribution in [0.1, 0.15) is 45.6 Å². The Morgan fingerprint density at radius 1 is 1.20 bits per heavy atom. The molecule has 4 heteroatoms. The summed E-state index contributed by atoms with van der Waals surface area (Å²) < 4.78 is 5.57. The molecule has 1 fully saturated rings. The number of ketones is 1. The van der Waals surface area contributed by atoms with E-state index in [0.717, 1.165) is 19.3 Å². The minimum absolute atomic E-state index is 0.148. The van der Waals surface area contributed by atoms with Crippen LogP contribution < -0.4 is 0 Å². The highest BCUT2D eigenvalue weighted by Gasteiger charge is 2.43. The molecule has 1 aliphatic heterocycles. The topological polar surface area (TPSA) is 46.6 Å².